The Morgan fingerprint density at radius 3 is 2.74 bits per heavy atom. The van der Waals surface area contributed by atoms with Crippen molar-refractivity contribution < 1.29 is 4.79 Å². The largest absolute Gasteiger partial charge is 0.336 e. The molecule has 0 fully saturated rings. The van der Waals surface area contributed by atoms with Crippen molar-refractivity contribution >= 4 is 17.3 Å². The van der Waals surface area contributed by atoms with Gasteiger partial charge < -0.3 is 15.5 Å². The summed E-state index contributed by atoms with van der Waals surface area (Å²) in [7, 11) is 4.12. The molecule has 1 atom stereocenters. The Morgan fingerprint density at radius 1 is 1.15 bits per heavy atom. The summed E-state index contributed by atoms with van der Waals surface area (Å²) >= 11 is 0. The molecule has 140 valence electrons. The van der Waals surface area contributed by atoms with Gasteiger partial charge in [-0.3, -0.25) is 0 Å². The highest BCUT2D eigenvalue weighted by Crippen LogP contribution is 2.48. The monoisotopic (exact) mass is 361 g/mol. The number of benzene rings is 2. The molecule has 2 aromatic carbocycles. The molecule has 0 spiro atoms. The molecule has 0 saturated heterocycles. The Kier molecular flexibility index (Phi) is 4.75. The van der Waals surface area contributed by atoms with Crippen LogP contribution in [0.25, 0.3) is 5.57 Å². The highest BCUT2D eigenvalue weighted by molar-refractivity contribution is 5.90. The first-order valence-electron chi connectivity index (χ1n) is 9.64. The van der Waals surface area contributed by atoms with E-state index in [9.17, 15) is 4.79 Å². The third-order valence-electron chi connectivity index (χ3n) is 5.70. The molecule has 0 saturated carbocycles. The van der Waals surface area contributed by atoms with Crippen molar-refractivity contribution in [3.8, 4) is 0 Å². The second kappa shape index (κ2) is 7.20. The molecule has 0 aromatic heterocycles. The van der Waals surface area contributed by atoms with Crippen LogP contribution in [-0.2, 0) is 6.42 Å². The second-order valence-corrected chi connectivity index (χ2v) is 7.80. The highest BCUT2D eigenvalue weighted by Gasteiger charge is 2.29. The molecule has 0 radical (unpaired) electrons. The maximum absolute atomic E-state index is 12.4. The quantitative estimate of drug-likeness (QED) is 0.822. The average Bonchev–Trinajstić information content (AvgIpc) is 3.43. The number of likely N-dealkylation sites (N-methyl/N-ethyl adjacent to an activating group) is 1. The molecule has 0 heterocycles. The van der Waals surface area contributed by atoms with Crippen LogP contribution in [0.1, 0.15) is 41.1 Å². The zero-order valence-electron chi connectivity index (χ0n) is 16.3. The summed E-state index contributed by atoms with van der Waals surface area (Å²) in [6.07, 6.45) is 3.57. The lowest BCUT2D eigenvalue weighted by molar-refractivity contribution is 0.243. The van der Waals surface area contributed by atoms with Gasteiger partial charge in [-0.1, -0.05) is 42.0 Å². The minimum atomic E-state index is -0.165. The van der Waals surface area contributed by atoms with Gasteiger partial charge in [0, 0.05) is 12.2 Å². The minimum Gasteiger partial charge on any atom is -0.336 e. The molecule has 2 N–H and O–H groups in total. The first-order valence-corrected chi connectivity index (χ1v) is 9.64. The lowest BCUT2D eigenvalue weighted by atomic mass is 9.93. The number of amides is 2. The van der Waals surface area contributed by atoms with Gasteiger partial charge in [-0.2, -0.15) is 0 Å². The van der Waals surface area contributed by atoms with Gasteiger partial charge in [0.25, 0.3) is 0 Å². The molecular weight excluding hydrogens is 334 g/mol. The molecule has 27 heavy (non-hydrogen) atoms. The highest BCUT2D eigenvalue weighted by atomic mass is 16.2. The van der Waals surface area contributed by atoms with Crippen LogP contribution in [-0.4, -0.2) is 31.6 Å². The number of carbonyl (C=O) groups is 1. The van der Waals surface area contributed by atoms with E-state index in [0.29, 0.717) is 6.54 Å². The molecule has 2 aliphatic carbocycles. The van der Waals surface area contributed by atoms with Crippen LogP contribution in [0.4, 0.5) is 10.5 Å². The number of nitrogens with zero attached hydrogens (tertiary/aromatic N) is 1. The van der Waals surface area contributed by atoms with E-state index in [4.69, 9.17) is 0 Å². The Hall–Kier alpha value is -2.59. The molecule has 0 bridgehead atoms. The van der Waals surface area contributed by atoms with Crippen molar-refractivity contribution in [1.29, 1.82) is 0 Å². The molecular formula is C23H27N3O. The second-order valence-electron chi connectivity index (χ2n) is 7.80. The fraction of sp³-hybridized carbons (Fsp3) is 0.348. The van der Waals surface area contributed by atoms with Gasteiger partial charge in [0.15, 0.2) is 0 Å². The summed E-state index contributed by atoms with van der Waals surface area (Å²) in [6.45, 7) is 2.56. The topological polar surface area (TPSA) is 44.4 Å². The number of aryl methyl sites for hydroxylation is 2. The van der Waals surface area contributed by atoms with Gasteiger partial charge in [-0.25, -0.2) is 4.79 Å². The molecule has 1 unspecified atom stereocenters. The van der Waals surface area contributed by atoms with Crippen molar-refractivity contribution in [3.05, 3.63) is 70.3 Å². The van der Waals surface area contributed by atoms with Gasteiger partial charge >= 0.3 is 6.03 Å². The number of nitrogens with one attached hydrogen (secondary N) is 2. The predicted molar refractivity (Wildman–Crippen MR) is 111 cm³/mol. The van der Waals surface area contributed by atoms with Crippen LogP contribution in [0, 0.1) is 6.92 Å². The summed E-state index contributed by atoms with van der Waals surface area (Å²) < 4.78 is 0. The van der Waals surface area contributed by atoms with E-state index in [2.05, 4.69) is 47.8 Å². The smallest absolute Gasteiger partial charge is 0.319 e. The summed E-state index contributed by atoms with van der Waals surface area (Å²) in [5, 5.41) is 5.98. The van der Waals surface area contributed by atoms with Crippen LogP contribution in [0.15, 0.2) is 48.0 Å². The number of fused-ring (bicyclic) bond motifs is 2. The molecule has 0 aliphatic heterocycles. The Labute approximate surface area is 161 Å². The van der Waals surface area contributed by atoms with E-state index >= 15 is 0 Å². The SMILES string of the molecule is Cc1ccccc1NC(=O)NCC(c1ccc2c(c1)CCC1=C2C1)N(C)C. The first kappa shape index (κ1) is 17.8. The van der Waals surface area contributed by atoms with E-state index in [1.165, 1.54) is 29.5 Å². The lowest BCUT2D eigenvalue weighted by Crippen LogP contribution is -2.37. The van der Waals surface area contributed by atoms with Gasteiger partial charge in [0.1, 0.15) is 0 Å². The van der Waals surface area contributed by atoms with E-state index in [-0.39, 0.29) is 12.1 Å². The molecule has 4 rings (SSSR count). The van der Waals surface area contributed by atoms with E-state index in [0.717, 1.165) is 17.7 Å². The predicted octanol–water partition coefficient (Wildman–Crippen LogP) is 4.52. The summed E-state index contributed by atoms with van der Waals surface area (Å²) in [4.78, 5) is 14.5. The summed E-state index contributed by atoms with van der Waals surface area (Å²) in [6, 6.07) is 14.6. The Morgan fingerprint density at radius 2 is 1.96 bits per heavy atom. The zero-order chi connectivity index (χ0) is 19.0. The Balaban J connectivity index is 1.43. The number of para-hydroxylation sites is 1. The normalized spacial score (nSPS) is 15.9. The zero-order valence-corrected chi connectivity index (χ0v) is 16.3. The van der Waals surface area contributed by atoms with Crippen LogP contribution >= 0.6 is 0 Å². The third kappa shape index (κ3) is 3.76. The molecule has 2 amide bonds. The van der Waals surface area contributed by atoms with Crippen molar-refractivity contribution in [1.82, 2.24) is 10.2 Å². The van der Waals surface area contributed by atoms with Crippen molar-refractivity contribution in [3.63, 3.8) is 0 Å². The fourth-order valence-electron chi connectivity index (χ4n) is 3.97. The fourth-order valence-corrected chi connectivity index (χ4v) is 3.97. The van der Waals surface area contributed by atoms with E-state index in [1.54, 1.807) is 11.1 Å². The minimum absolute atomic E-state index is 0.146. The third-order valence-corrected chi connectivity index (χ3v) is 5.70. The van der Waals surface area contributed by atoms with Gasteiger partial charge in [-0.15, -0.1) is 0 Å². The van der Waals surface area contributed by atoms with E-state index < -0.39 is 0 Å². The lowest BCUT2D eigenvalue weighted by Gasteiger charge is -2.26. The van der Waals surface area contributed by atoms with Crippen LogP contribution in [0.2, 0.25) is 0 Å². The van der Waals surface area contributed by atoms with Gasteiger partial charge in [0.2, 0.25) is 0 Å². The molecule has 2 aliphatic rings. The van der Waals surface area contributed by atoms with Gasteiger partial charge in [0.05, 0.1) is 6.04 Å². The van der Waals surface area contributed by atoms with Crippen LogP contribution < -0.4 is 10.6 Å². The number of urea groups is 1. The molecule has 4 nitrogen and oxygen atoms in total. The standard InChI is InChI=1S/C23H27N3O/c1-15-6-4-5-7-21(15)25-23(27)24-14-22(26(2)3)18-10-11-19-16(12-18)8-9-17-13-20(17)19/h4-7,10-12,22H,8-9,13-14H2,1-3H3,(H2,24,25,27). The number of rotatable bonds is 5. The van der Waals surface area contributed by atoms with Crippen molar-refractivity contribution in [2.75, 3.05) is 26.0 Å². The number of hydrogen-bond donors (Lipinski definition) is 2. The van der Waals surface area contributed by atoms with Crippen molar-refractivity contribution in [2.45, 2.75) is 32.2 Å². The maximum Gasteiger partial charge on any atom is 0.319 e. The van der Waals surface area contributed by atoms with E-state index in [1.807, 2.05) is 31.2 Å². The van der Waals surface area contributed by atoms with Crippen LogP contribution in [0.3, 0.4) is 0 Å². The number of allylic oxidation sites excluding steroid dienone is 2. The first-order chi connectivity index (χ1) is 13.0. The summed E-state index contributed by atoms with van der Waals surface area (Å²) in [5.74, 6) is 0. The van der Waals surface area contributed by atoms with Crippen molar-refractivity contribution in [2.24, 2.45) is 0 Å². The number of hydrogen-bond acceptors (Lipinski definition) is 2. The maximum atomic E-state index is 12.4. The van der Waals surface area contributed by atoms with Crippen LogP contribution in [0.5, 0.6) is 0 Å². The number of anilines is 1. The average molecular weight is 361 g/mol. The Bertz CT molecular complexity index is 914. The molecule has 4 heteroatoms. The summed E-state index contributed by atoms with van der Waals surface area (Å²) in [5.41, 5.74) is 9.29. The van der Waals surface area contributed by atoms with Gasteiger partial charge in [-0.05, 0) is 74.2 Å². The molecule has 2 aromatic rings. The number of carbonyl (C=O) groups excluding carboxylic acids is 1.